The Hall–Kier alpha value is -3.25. The molecular formula is C22H18ClFN4O. The van der Waals surface area contributed by atoms with Gasteiger partial charge in [0.15, 0.2) is 5.69 Å². The normalized spacial score (nSPS) is 15.0. The minimum absolute atomic E-state index is 0.0600. The molecule has 1 N–H and O–H groups in total. The summed E-state index contributed by atoms with van der Waals surface area (Å²) in [4.78, 5) is 23.6. The molecule has 0 aliphatic carbocycles. The van der Waals surface area contributed by atoms with E-state index in [4.69, 9.17) is 11.6 Å². The molecule has 0 bridgehead atoms. The molecule has 2 heterocycles. The van der Waals surface area contributed by atoms with Gasteiger partial charge in [-0.15, -0.1) is 0 Å². The summed E-state index contributed by atoms with van der Waals surface area (Å²) in [6, 6.07) is 17.9. The molecule has 146 valence electrons. The van der Waals surface area contributed by atoms with Crippen molar-refractivity contribution in [2.75, 3.05) is 11.9 Å². The van der Waals surface area contributed by atoms with Gasteiger partial charge in [-0.2, -0.15) is 0 Å². The lowest BCUT2D eigenvalue weighted by atomic mass is 10.2. The summed E-state index contributed by atoms with van der Waals surface area (Å²) in [5, 5.41) is 3.26. The highest BCUT2D eigenvalue weighted by Gasteiger charge is 2.26. The lowest BCUT2D eigenvalue weighted by Crippen LogP contribution is -2.35. The number of amidine groups is 1. The van der Waals surface area contributed by atoms with Crippen LogP contribution in [0.5, 0.6) is 0 Å². The third-order valence-corrected chi connectivity index (χ3v) is 5.03. The van der Waals surface area contributed by atoms with Crippen LogP contribution in [-0.2, 0) is 13.1 Å². The molecule has 0 saturated heterocycles. The van der Waals surface area contributed by atoms with Gasteiger partial charge in [-0.1, -0.05) is 54.1 Å². The van der Waals surface area contributed by atoms with E-state index in [-0.39, 0.29) is 24.0 Å². The summed E-state index contributed by atoms with van der Waals surface area (Å²) in [5.74, 6) is -0.0686. The smallest absolute Gasteiger partial charge is 0.275 e. The number of nitrogens with zero attached hydrogens (tertiary/aromatic N) is 3. The molecule has 2 aromatic carbocycles. The Morgan fingerprint density at radius 3 is 2.76 bits per heavy atom. The van der Waals surface area contributed by atoms with E-state index >= 15 is 0 Å². The van der Waals surface area contributed by atoms with Crippen molar-refractivity contribution in [2.45, 2.75) is 13.1 Å². The van der Waals surface area contributed by atoms with E-state index in [1.165, 1.54) is 6.07 Å². The van der Waals surface area contributed by atoms with E-state index in [1.54, 1.807) is 35.4 Å². The number of aromatic nitrogens is 1. The van der Waals surface area contributed by atoms with Crippen LogP contribution in [0.25, 0.3) is 0 Å². The number of nitrogens with one attached hydrogen (secondary N) is 1. The molecule has 3 aromatic rings. The van der Waals surface area contributed by atoms with E-state index in [0.29, 0.717) is 29.3 Å². The van der Waals surface area contributed by atoms with Gasteiger partial charge < -0.3 is 10.2 Å². The van der Waals surface area contributed by atoms with Crippen LogP contribution in [0.3, 0.4) is 0 Å². The number of fused-ring (bicyclic) bond motifs is 1. The number of carbonyl (C=O) groups is 1. The van der Waals surface area contributed by atoms with Crippen LogP contribution in [0, 0.1) is 5.82 Å². The summed E-state index contributed by atoms with van der Waals surface area (Å²) in [6.07, 6.45) is 1.59. The van der Waals surface area contributed by atoms with Gasteiger partial charge in [-0.05, 0) is 29.3 Å². The molecule has 0 radical (unpaired) electrons. The fourth-order valence-corrected chi connectivity index (χ4v) is 3.33. The monoisotopic (exact) mass is 408 g/mol. The largest absolute Gasteiger partial charge is 0.341 e. The molecule has 0 saturated carbocycles. The third kappa shape index (κ3) is 4.27. The first-order valence-electron chi connectivity index (χ1n) is 9.13. The third-order valence-electron chi connectivity index (χ3n) is 4.61. The summed E-state index contributed by atoms with van der Waals surface area (Å²) < 4.78 is 13.7. The minimum atomic E-state index is -0.478. The Morgan fingerprint density at radius 1 is 1.10 bits per heavy atom. The molecule has 0 unspecified atom stereocenters. The zero-order valence-electron chi connectivity index (χ0n) is 15.5. The fraction of sp³-hybridized carbons (Fsp3) is 0.136. The van der Waals surface area contributed by atoms with Gasteiger partial charge in [0.05, 0.1) is 23.8 Å². The summed E-state index contributed by atoms with van der Waals surface area (Å²) in [6.45, 7) is 0.899. The average molecular weight is 409 g/mol. The molecule has 1 amide bonds. The van der Waals surface area contributed by atoms with Crippen molar-refractivity contribution in [3.05, 3.63) is 94.5 Å². The predicted molar refractivity (Wildman–Crippen MR) is 112 cm³/mol. The van der Waals surface area contributed by atoms with Gasteiger partial charge in [0.1, 0.15) is 11.7 Å². The average Bonchev–Trinajstić information content (AvgIpc) is 2.87. The van der Waals surface area contributed by atoms with Crippen molar-refractivity contribution in [3.63, 3.8) is 0 Å². The number of rotatable bonds is 4. The Balaban J connectivity index is 1.65. The van der Waals surface area contributed by atoms with Gasteiger partial charge in [-0.3, -0.25) is 9.79 Å². The van der Waals surface area contributed by atoms with Gasteiger partial charge in [-0.25, -0.2) is 9.37 Å². The molecule has 4 rings (SSSR count). The van der Waals surface area contributed by atoms with Gasteiger partial charge in [0.25, 0.3) is 5.91 Å². The molecule has 5 nitrogen and oxygen atoms in total. The minimum Gasteiger partial charge on any atom is -0.341 e. The van der Waals surface area contributed by atoms with Crippen LogP contribution in [0.1, 0.15) is 21.6 Å². The van der Waals surface area contributed by atoms with Crippen molar-refractivity contribution in [1.29, 1.82) is 0 Å². The number of hydrogen-bond acceptors (Lipinski definition) is 3. The van der Waals surface area contributed by atoms with Crippen molar-refractivity contribution in [1.82, 2.24) is 9.88 Å². The number of hydrogen-bond donors (Lipinski definition) is 1. The van der Waals surface area contributed by atoms with Crippen molar-refractivity contribution < 1.29 is 9.18 Å². The summed E-state index contributed by atoms with van der Waals surface area (Å²) in [7, 11) is 0. The van der Waals surface area contributed by atoms with Gasteiger partial charge in [0, 0.05) is 12.7 Å². The number of halogens is 2. The predicted octanol–water partition coefficient (Wildman–Crippen LogP) is 4.54. The van der Waals surface area contributed by atoms with Gasteiger partial charge >= 0.3 is 0 Å². The SMILES string of the molecule is O=C1c2ncccc2NC(=NCc2cccc(F)c2Cl)CN1Cc1ccccc1. The highest BCUT2D eigenvalue weighted by Crippen LogP contribution is 2.22. The zero-order chi connectivity index (χ0) is 20.2. The Morgan fingerprint density at radius 2 is 1.93 bits per heavy atom. The Kier molecular flexibility index (Phi) is 5.53. The number of carbonyl (C=O) groups excluding carboxylic acids is 1. The van der Waals surface area contributed by atoms with Crippen molar-refractivity contribution in [3.8, 4) is 0 Å². The highest BCUT2D eigenvalue weighted by atomic mass is 35.5. The first-order valence-corrected chi connectivity index (χ1v) is 9.51. The molecular weight excluding hydrogens is 391 g/mol. The molecule has 1 aliphatic rings. The lowest BCUT2D eigenvalue weighted by Gasteiger charge is -2.20. The van der Waals surface area contributed by atoms with E-state index in [2.05, 4.69) is 15.3 Å². The number of pyridine rings is 1. The lowest BCUT2D eigenvalue weighted by molar-refractivity contribution is 0.0766. The maximum atomic E-state index is 13.7. The van der Waals surface area contributed by atoms with Crippen LogP contribution >= 0.6 is 11.6 Å². The second-order valence-corrected chi connectivity index (χ2v) is 7.03. The molecule has 29 heavy (non-hydrogen) atoms. The summed E-state index contributed by atoms with van der Waals surface area (Å²) in [5.41, 5.74) is 2.53. The number of anilines is 1. The molecule has 0 spiro atoms. The van der Waals surface area contributed by atoms with E-state index in [0.717, 1.165) is 5.56 Å². The molecule has 7 heteroatoms. The first-order chi connectivity index (χ1) is 14.1. The highest BCUT2D eigenvalue weighted by molar-refractivity contribution is 6.31. The first kappa shape index (κ1) is 19.1. The topological polar surface area (TPSA) is 57.6 Å². The van der Waals surface area contributed by atoms with Crippen molar-refractivity contribution >= 4 is 29.0 Å². The second-order valence-electron chi connectivity index (χ2n) is 6.65. The number of aliphatic imine (C=N–C) groups is 1. The Bertz CT molecular complexity index is 1070. The van der Waals surface area contributed by atoms with Crippen LogP contribution < -0.4 is 5.32 Å². The molecule has 1 aliphatic heterocycles. The van der Waals surface area contributed by atoms with E-state index in [9.17, 15) is 9.18 Å². The van der Waals surface area contributed by atoms with Crippen LogP contribution in [0.15, 0.2) is 71.9 Å². The van der Waals surface area contributed by atoms with E-state index in [1.807, 2.05) is 30.3 Å². The van der Waals surface area contributed by atoms with Crippen LogP contribution in [-0.4, -0.2) is 28.2 Å². The maximum absolute atomic E-state index is 13.7. The second kappa shape index (κ2) is 8.41. The van der Waals surface area contributed by atoms with Crippen LogP contribution in [0.4, 0.5) is 10.1 Å². The zero-order valence-corrected chi connectivity index (χ0v) is 16.2. The Labute approximate surface area is 172 Å². The standard InChI is InChI=1S/C22H18ClFN4O/c23-20-16(8-4-9-17(20)24)12-26-19-14-28(13-15-6-2-1-3-7-15)22(29)21-18(27-19)10-5-11-25-21/h1-11H,12-14H2,(H,26,27). The quantitative estimate of drug-likeness (QED) is 0.689. The van der Waals surface area contributed by atoms with Crippen LogP contribution in [0.2, 0.25) is 5.02 Å². The van der Waals surface area contributed by atoms with Crippen molar-refractivity contribution in [2.24, 2.45) is 4.99 Å². The molecule has 0 atom stereocenters. The maximum Gasteiger partial charge on any atom is 0.275 e. The van der Waals surface area contributed by atoms with Gasteiger partial charge in [0.2, 0.25) is 0 Å². The summed E-state index contributed by atoms with van der Waals surface area (Å²) >= 11 is 6.04. The molecule has 1 aromatic heterocycles. The number of benzene rings is 2. The fourth-order valence-electron chi connectivity index (χ4n) is 3.15. The number of amides is 1. The molecule has 0 fully saturated rings. The van der Waals surface area contributed by atoms with E-state index < -0.39 is 5.82 Å².